The number of likely N-dealkylation sites (N-methyl/N-ethyl adjacent to an activating group) is 1. The monoisotopic (exact) mass is 487 g/mol. The van der Waals surface area contributed by atoms with Crippen LogP contribution in [0.1, 0.15) is 5.69 Å². The summed E-state index contributed by atoms with van der Waals surface area (Å²) in [5.74, 6) is 0.396. The van der Waals surface area contributed by atoms with Crippen LogP contribution in [0.4, 0.5) is 17.1 Å². The average Bonchev–Trinajstić information content (AvgIpc) is 2.84. The number of carbonyl (C=O) groups excluding carboxylic acids is 1. The first-order valence-electron chi connectivity index (χ1n) is 11.1. The molecule has 7 nitrogen and oxygen atoms in total. The Bertz CT molecular complexity index is 1340. The van der Waals surface area contributed by atoms with Crippen molar-refractivity contribution in [3.63, 3.8) is 0 Å². The number of aromatic nitrogens is 2. The van der Waals surface area contributed by atoms with E-state index in [1.807, 2.05) is 85.7 Å². The number of amides is 1. The zero-order valence-electron chi connectivity index (χ0n) is 19.5. The third kappa shape index (κ3) is 6.79. The molecule has 0 aliphatic heterocycles. The molecule has 35 heavy (non-hydrogen) atoms. The standard InChI is InChI=1S/C27H26ClN5O2/c1-33(2)15-5-7-27(34)32-19-8-10-24-22(16-19)25(12-14-30-24)31-20-9-11-26(23(28)17-20)35-18-21-6-3-4-13-29-21/h3-14,16-17H,15,18H2,1-2H3,(H,30,31)(H,32,34)/b7-5+. The molecule has 4 rings (SSSR count). The van der Waals surface area contributed by atoms with Crippen molar-refractivity contribution in [1.29, 1.82) is 0 Å². The van der Waals surface area contributed by atoms with Gasteiger partial charge in [0.1, 0.15) is 12.4 Å². The van der Waals surface area contributed by atoms with Gasteiger partial charge in [0.2, 0.25) is 5.91 Å². The van der Waals surface area contributed by atoms with Crippen molar-refractivity contribution >= 4 is 45.5 Å². The molecule has 1 amide bonds. The molecule has 2 N–H and O–H groups in total. The number of ether oxygens (including phenoxy) is 1. The fourth-order valence-corrected chi connectivity index (χ4v) is 3.61. The van der Waals surface area contributed by atoms with E-state index in [-0.39, 0.29) is 5.91 Å². The molecule has 8 heteroatoms. The summed E-state index contributed by atoms with van der Waals surface area (Å²) >= 11 is 6.47. The van der Waals surface area contributed by atoms with Crippen molar-refractivity contribution in [1.82, 2.24) is 14.9 Å². The molecule has 4 aromatic rings. The summed E-state index contributed by atoms with van der Waals surface area (Å²) in [5, 5.41) is 7.65. The van der Waals surface area contributed by atoms with Gasteiger partial charge in [-0.25, -0.2) is 0 Å². The number of nitrogens with zero attached hydrogens (tertiary/aromatic N) is 3. The Morgan fingerprint density at radius 2 is 1.89 bits per heavy atom. The minimum Gasteiger partial charge on any atom is -0.486 e. The van der Waals surface area contributed by atoms with Crippen molar-refractivity contribution in [3.8, 4) is 5.75 Å². The van der Waals surface area contributed by atoms with Gasteiger partial charge in [-0.3, -0.25) is 14.8 Å². The van der Waals surface area contributed by atoms with Gasteiger partial charge in [-0.05, 0) is 68.7 Å². The summed E-state index contributed by atoms with van der Waals surface area (Å²) in [7, 11) is 3.89. The Balaban J connectivity index is 1.48. The maximum atomic E-state index is 12.2. The van der Waals surface area contributed by atoms with E-state index in [0.717, 1.165) is 28.0 Å². The largest absolute Gasteiger partial charge is 0.486 e. The number of benzene rings is 2. The highest BCUT2D eigenvalue weighted by atomic mass is 35.5. The van der Waals surface area contributed by atoms with Crippen molar-refractivity contribution in [2.24, 2.45) is 0 Å². The van der Waals surface area contributed by atoms with E-state index in [0.29, 0.717) is 29.6 Å². The third-order valence-corrected chi connectivity index (χ3v) is 5.36. The smallest absolute Gasteiger partial charge is 0.248 e. The van der Waals surface area contributed by atoms with Crippen molar-refractivity contribution in [2.45, 2.75) is 6.61 Å². The summed E-state index contributed by atoms with van der Waals surface area (Å²) in [6.45, 7) is 1.03. The van der Waals surface area contributed by atoms with Gasteiger partial charge in [0, 0.05) is 47.5 Å². The van der Waals surface area contributed by atoms with Crippen molar-refractivity contribution < 1.29 is 9.53 Å². The van der Waals surface area contributed by atoms with Crippen LogP contribution in [0.2, 0.25) is 5.02 Å². The highest BCUT2D eigenvalue weighted by molar-refractivity contribution is 6.32. The lowest BCUT2D eigenvalue weighted by Crippen LogP contribution is -2.12. The predicted molar refractivity (Wildman–Crippen MR) is 141 cm³/mol. The topological polar surface area (TPSA) is 79.4 Å². The fourth-order valence-electron chi connectivity index (χ4n) is 3.37. The Kier molecular flexibility index (Phi) is 7.92. The molecule has 0 aliphatic rings. The maximum absolute atomic E-state index is 12.2. The molecule has 2 heterocycles. The second-order valence-corrected chi connectivity index (χ2v) is 8.53. The van der Waals surface area contributed by atoms with Gasteiger partial charge in [-0.2, -0.15) is 0 Å². The molecule has 2 aromatic carbocycles. The molecule has 2 aromatic heterocycles. The van der Waals surface area contributed by atoms with Crippen LogP contribution in [0.5, 0.6) is 5.75 Å². The van der Waals surface area contributed by atoms with Crippen LogP contribution >= 0.6 is 11.6 Å². The molecular formula is C27H26ClN5O2. The van der Waals surface area contributed by atoms with Gasteiger partial charge in [0.05, 0.1) is 16.2 Å². The van der Waals surface area contributed by atoms with Gasteiger partial charge in [-0.1, -0.05) is 23.7 Å². The van der Waals surface area contributed by atoms with E-state index in [4.69, 9.17) is 16.3 Å². The second-order valence-electron chi connectivity index (χ2n) is 8.12. The van der Waals surface area contributed by atoms with Crippen LogP contribution in [-0.4, -0.2) is 41.4 Å². The third-order valence-electron chi connectivity index (χ3n) is 5.06. The Morgan fingerprint density at radius 1 is 1.03 bits per heavy atom. The highest BCUT2D eigenvalue weighted by Crippen LogP contribution is 2.32. The molecule has 0 saturated heterocycles. The molecule has 178 valence electrons. The number of anilines is 3. The van der Waals surface area contributed by atoms with Gasteiger partial charge < -0.3 is 20.3 Å². The van der Waals surface area contributed by atoms with Crippen LogP contribution in [0.25, 0.3) is 10.9 Å². The second kappa shape index (κ2) is 11.5. The molecule has 0 spiro atoms. The molecular weight excluding hydrogens is 462 g/mol. The van der Waals surface area contributed by atoms with Gasteiger partial charge >= 0.3 is 0 Å². The van der Waals surface area contributed by atoms with Crippen LogP contribution in [-0.2, 0) is 11.4 Å². The lowest BCUT2D eigenvalue weighted by Gasteiger charge is -2.13. The van der Waals surface area contributed by atoms with Crippen LogP contribution < -0.4 is 15.4 Å². The normalized spacial score (nSPS) is 11.2. The first-order valence-corrected chi connectivity index (χ1v) is 11.5. The first kappa shape index (κ1) is 24.2. The van der Waals surface area contributed by atoms with E-state index in [1.165, 1.54) is 6.08 Å². The molecule has 0 fully saturated rings. The van der Waals surface area contributed by atoms with E-state index in [2.05, 4.69) is 20.6 Å². The molecule has 0 bridgehead atoms. The molecule has 0 aliphatic carbocycles. The Labute approximate surface area is 209 Å². The molecule has 0 atom stereocenters. The minimum absolute atomic E-state index is 0.183. The van der Waals surface area contributed by atoms with E-state index < -0.39 is 0 Å². The summed E-state index contributed by atoms with van der Waals surface area (Å²) in [6, 6.07) is 18.7. The number of hydrogen-bond acceptors (Lipinski definition) is 6. The zero-order chi connectivity index (χ0) is 24.6. The first-order chi connectivity index (χ1) is 17.0. The van der Waals surface area contributed by atoms with Gasteiger partial charge in [-0.15, -0.1) is 0 Å². The number of pyridine rings is 2. The van der Waals surface area contributed by atoms with Crippen LogP contribution in [0, 0.1) is 0 Å². The highest BCUT2D eigenvalue weighted by Gasteiger charge is 2.08. The summed E-state index contributed by atoms with van der Waals surface area (Å²) < 4.78 is 5.81. The number of fused-ring (bicyclic) bond motifs is 1. The number of halogens is 1. The van der Waals surface area contributed by atoms with Crippen molar-refractivity contribution in [2.75, 3.05) is 31.3 Å². The maximum Gasteiger partial charge on any atom is 0.248 e. The van der Waals surface area contributed by atoms with Crippen LogP contribution in [0.15, 0.2) is 85.2 Å². The van der Waals surface area contributed by atoms with Crippen molar-refractivity contribution in [3.05, 3.63) is 95.9 Å². The lowest BCUT2D eigenvalue weighted by molar-refractivity contribution is -0.111. The lowest BCUT2D eigenvalue weighted by atomic mass is 10.1. The van der Waals surface area contributed by atoms with E-state index in [9.17, 15) is 4.79 Å². The predicted octanol–water partition coefficient (Wildman–Crippen LogP) is 5.66. The summed E-state index contributed by atoms with van der Waals surface area (Å²) in [4.78, 5) is 22.9. The fraction of sp³-hybridized carbons (Fsp3) is 0.148. The van der Waals surface area contributed by atoms with E-state index in [1.54, 1.807) is 12.4 Å². The minimum atomic E-state index is -0.183. The van der Waals surface area contributed by atoms with E-state index >= 15 is 0 Å². The Morgan fingerprint density at radius 3 is 2.66 bits per heavy atom. The summed E-state index contributed by atoms with van der Waals surface area (Å²) in [6.07, 6.45) is 6.81. The number of nitrogens with one attached hydrogen (secondary N) is 2. The quantitative estimate of drug-likeness (QED) is 0.296. The van der Waals surface area contributed by atoms with Gasteiger partial charge in [0.15, 0.2) is 0 Å². The molecule has 0 saturated carbocycles. The summed E-state index contributed by atoms with van der Waals surface area (Å²) in [5.41, 5.74) is 3.95. The molecule has 0 radical (unpaired) electrons. The number of hydrogen-bond donors (Lipinski definition) is 2. The SMILES string of the molecule is CN(C)C/C=C/C(=O)Nc1ccc2nccc(Nc3ccc(OCc4ccccn4)c(Cl)c3)c2c1. The molecule has 0 unspecified atom stereocenters. The Hall–Kier alpha value is -3.94. The van der Waals surface area contributed by atoms with Gasteiger partial charge in [0.25, 0.3) is 0 Å². The average molecular weight is 488 g/mol. The number of carbonyl (C=O) groups is 1. The zero-order valence-corrected chi connectivity index (χ0v) is 20.3. The van der Waals surface area contributed by atoms with Crippen LogP contribution in [0.3, 0.4) is 0 Å². The number of rotatable bonds is 9.